The molecule has 5 nitrogen and oxygen atoms in total. The third-order valence-electron chi connectivity index (χ3n) is 4.61. The number of phenolic OH excluding ortho intramolecular Hbond substituents is 1. The van der Waals surface area contributed by atoms with E-state index in [1.165, 1.54) is 4.70 Å². The molecular weight excluding hydrogens is 384 g/mol. The number of nitrogens with zero attached hydrogens (tertiary/aromatic N) is 1. The molecule has 0 bridgehead atoms. The zero-order chi connectivity index (χ0) is 18.3. The summed E-state index contributed by atoms with van der Waals surface area (Å²) in [5.74, 6) is 0.434. The second-order valence-corrected chi connectivity index (χ2v) is 7.44. The molecule has 7 heteroatoms. The Morgan fingerprint density at radius 3 is 2.89 bits per heavy atom. The zero-order valence-corrected chi connectivity index (χ0v) is 16.5. The van der Waals surface area contributed by atoms with Gasteiger partial charge in [0.15, 0.2) is 11.5 Å². The van der Waals surface area contributed by atoms with Crippen molar-refractivity contribution in [1.82, 2.24) is 4.90 Å². The number of hydrogen-bond donors (Lipinski definition) is 2. The third kappa shape index (κ3) is 3.60. The molecule has 0 fully saturated rings. The summed E-state index contributed by atoms with van der Waals surface area (Å²) in [5, 5.41) is 13.8. The van der Waals surface area contributed by atoms with Crippen molar-refractivity contribution in [3.8, 4) is 22.6 Å². The fourth-order valence-electron chi connectivity index (χ4n) is 3.33. The van der Waals surface area contributed by atoms with Gasteiger partial charge in [-0.3, -0.25) is 4.79 Å². The van der Waals surface area contributed by atoms with Crippen LogP contribution < -0.4 is 10.5 Å². The number of benzene rings is 2. The van der Waals surface area contributed by atoms with Crippen LogP contribution in [0.1, 0.15) is 12.5 Å². The minimum absolute atomic E-state index is 0. The first-order chi connectivity index (χ1) is 12.5. The van der Waals surface area contributed by atoms with Gasteiger partial charge >= 0.3 is 0 Å². The van der Waals surface area contributed by atoms with Gasteiger partial charge in [0.05, 0.1) is 12.6 Å². The Morgan fingerprint density at radius 1 is 1.33 bits per heavy atom. The lowest BCUT2D eigenvalue weighted by Gasteiger charge is -2.22. The molecule has 4 rings (SSSR count). The maximum atomic E-state index is 12.3. The van der Waals surface area contributed by atoms with Gasteiger partial charge in [0, 0.05) is 27.8 Å². The molecule has 142 valence electrons. The van der Waals surface area contributed by atoms with Gasteiger partial charge in [0.25, 0.3) is 0 Å². The average Bonchev–Trinajstić information content (AvgIpc) is 2.93. The molecule has 2 aromatic carbocycles. The average molecular weight is 405 g/mol. The molecule has 0 aliphatic carbocycles. The van der Waals surface area contributed by atoms with Gasteiger partial charge in [-0.05, 0) is 36.1 Å². The molecule has 0 saturated heterocycles. The maximum Gasteiger partial charge on any atom is 0.239 e. The first-order valence-corrected chi connectivity index (χ1v) is 9.42. The lowest BCUT2D eigenvalue weighted by atomic mass is 10.0. The number of phenols is 1. The number of ether oxygens (including phenoxy) is 1. The standard InChI is InChI=1S/C20H20N2O3S.ClH/c1-12(21)20(24)22-6-7-25-19-14(10-22)8-13(9-17(19)23)16-11-26-18-5-3-2-4-15(16)18;/h2-5,8-9,11-12,23H,6-7,10,21H2,1H3;1H/t12-;/m1./s1. The summed E-state index contributed by atoms with van der Waals surface area (Å²) in [7, 11) is 0. The maximum absolute atomic E-state index is 12.3. The van der Waals surface area contributed by atoms with Crippen LogP contribution >= 0.6 is 23.7 Å². The number of amides is 1. The molecule has 1 aliphatic rings. The van der Waals surface area contributed by atoms with Crippen molar-refractivity contribution in [1.29, 1.82) is 0 Å². The van der Waals surface area contributed by atoms with Crippen molar-refractivity contribution >= 4 is 39.7 Å². The van der Waals surface area contributed by atoms with Crippen LogP contribution in [-0.4, -0.2) is 35.1 Å². The van der Waals surface area contributed by atoms with Crippen LogP contribution in [0.4, 0.5) is 0 Å². The molecule has 0 unspecified atom stereocenters. The van der Waals surface area contributed by atoms with Crippen molar-refractivity contribution in [2.75, 3.05) is 13.2 Å². The molecule has 0 radical (unpaired) electrons. The number of fused-ring (bicyclic) bond motifs is 2. The Labute approximate surface area is 167 Å². The number of rotatable bonds is 2. The number of hydrogen-bond acceptors (Lipinski definition) is 5. The van der Waals surface area contributed by atoms with E-state index in [4.69, 9.17) is 10.5 Å². The second kappa shape index (κ2) is 7.76. The van der Waals surface area contributed by atoms with E-state index < -0.39 is 6.04 Å². The van der Waals surface area contributed by atoms with Gasteiger partial charge in [0.1, 0.15) is 6.61 Å². The highest BCUT2D eigenvalue weighted by Crippen LogP contribution is 2.41. The number of halogens is 1. The minimum Gasteiger partial charge on any atom is -0.504 e. The molecule has 27 heavy (non-hydrogen) atoms. The van der Waals surface area contributed by atoms with E-state index in [1.54, 1.807) is 29.2 Å². The van der Waals surface area contributed by atoms with Crippen LogP contribution in [0.15, 0.2) is 41.8 Å². The summed E-state index contributed by atoms with van der Waals surface area (Å²) in [6, 6.07) is 11.4. The van der Waals surface area contributed by atoms with Crippen LogP contribution in [0, 0.1) is 0 Å². The first-order valence-electron chi connectivity index (χ1n) is 8.54. The van der Waals surface area contributed by atoms with Crippen LogP contribution in [0.3, 0.4) is 0 Å². The largest absolute Gasteiger partial charge is 0.504 e. The van der Waals surface area contributed by atoms with E-state index in [9.17, 15) is 9.90 Å². The molecule has 2 heterocycles. The molecule has 1 aromatic heterocycles. The smallest absolute Gasteiger partial charge is 0.239 e. The zero-order valence-electron chi connectivity index (χ0n) is 14.8. The van der Waals surface area contributed by atoms with Crippen molar-refractivity contribution in [2.45, 2.75) is 19.5 Å². The van der Waals surface area contributed by atoms with Crippen LogP contribution in [-0.2, 0) is 11.3 Å². The normalized spacial score (nSPS) is 14.7. The quantitative estimate of drug-likeness (QED) is 0.681. The Morgan fingerprint density at radius 2 is 2.11 bits per heavy atom. The fourth-order valence-corrected chi connectivity index (χ4v) is 4.30. The predicted molar refractivity (Wildman–Crippen MR) is 111 cm³/mol. The number of aromatic hydroxyl groups is 1. The van der Waals surface area contributed by atoms with E-state index in [1.807, 2.05) is 18.2 Å². The summed E-state index contributed by atoms with van der Waals surface area (Å²) in [4.78, 5) is 14.0. The monoisotopic (exact) mass is 404 g/mol. The summed E-state index contributed by atoms with van der Waals surface area (Å²) in [6.45, 7) is 2.84. The van der Waals surface area contributed by atoms with Gasteiger partial charge in [-0.25, -0.2) is 0 Å². The van der Waals surface area contributed by atoms with Crippen LogP contribution in [0.5, 0.6) is 11.5 Å². The number of nitrogens with two attached hydrogens (primary N) is 1. The molecule has 1 amide bonds. The van der Waals surface area contributed by atoms with E-state index in [0.717, 1.165) is 22.1 Å². The topological polar surface area (TPSA) is 75.8 Å². The summed E-state index contributed by atoms with van der Waals surface area (Å²) >= 11 is 1.67. The molecule has 0 spiro atoms. The molecule has 1 aliphatic heterocycles. The van der Waals surface area contributed by atoms with E-state index in [0.29, 0.717) is 25.4 Å². The van der Waals surface area contributed by atoms with Crippen LogP contribution in [0.2, 0.25) is 0 Å². The Kier molecular flexibility index (Phi) is 5.60. The SMILES string of the molecule is C[C@@H](N)C(=O)N1CCOc2c(O)cc(-c3csc4ccccc34)cc2C1.Cl. The Hall–Kier alpha value is -2.28. The summed E-state index contributed by atoms with van der Waals surface area (Å²) in [6.07, 6.45) is 0. The molecular formula is C20H21ClN2O3S. The number of carbonyl (C=O) groups excluding carboxylic acids is 1. The van der Waals surface area contributed by atoms with Crippen molar-refractivity contribution in [2.24, 2.45) is 5.73 Å². The highest BCUT2D eigenvalue weighted by molar-refractivity contribution is 7.17. The van der Waals surface area contributed by atoms with E-state index in [2.05, 4.69) is 17.5 Å². The van der Waals surface area contributed by atoms with Gasteiger partial charge < -0.3 is 20.5 Å². The highest BCUT2D eigenvalue weighted by atomic mass is 35.5. The molecule has 0 saturated carbocycles. The molecule has 1 atom stereocenters. The molecule has 3 N–H and O–H groups in total. The summed E-state index contributed by atoms with van der Waals surface area (Å²) in [5.41, 5.74) is 8.53. The third-order valence-corrected chi connectivity index (χ3v) is 5.57. The van der Waals surface area contributed by atoms with E-state index >= 15 is 0 Å². The van der Waals surface area contributed by atoms with E-state index in [-0.39, 0.29) is 24.1 Å². The summed E-state index contributed by atoms with van der Waals surface area (Å²) < 4.78 is 6.91. The van der Waals surface area contributed by atoms with Gasteiger partial charge in [0.2, 0.25) is 5.91 Å². The second-order valence-electron chi connectivity index (χ2n) is 6.53. The van der Waals surface area contributed by atoms with Crippen molar-refractivity contribution in [3.05, 3.63) is 47.3 Å². The Balaban J connectivity index is 0.00000210. The fraction of sp³-hybridized carbons (Fsp3) is 0.250. The van der Waals surface area contributed by atoms with Crippen molar-refractivity contribution < 1.29 is 14.6 Å². The van der Waals surface area contributed by atoms with Gasteiger partial charge in [-0.2, -0.15) is 0 Å². The highest BCUT2D eigenvalue weighted by Gasteiger charge is 2.24. The minimum atomic E-state index is -0.561. The number of thiophene rings is 1. The first kappa shape index (κ1) is 19.5. The Bertz CT molecular complexity index is 987. The molecule has 3 aromatic rings. The number of carbonyl (C=O) groups is 1. The van der Waals surface area contributed by atoms with Gasteiger partial charge in [-0.15, -0.1) is 23.7 Å². The van der Waals surface area contributed by atoms with Gasteiger partial charge in [-0.1, -0.05) is 18.2 Å². The predicted octanol–water partition coefficient (Wildman–Crippen LogP) is 3.76. The van der Waals surface area contributed by atoms with Crippen LogP contribution in [0.25, 0.3) is 21.2 Å². The lowest BCUT2D eigenvalue weighted by molar-refractivity contribution is -0.132. The van der Waals surface area contributed by atoms with Crippen molar-refractivity contribution in [3.63, 3.8) is 0 Å². The lowest BCUT2D eigenvalue weighted by Crippen LogP contribution is -2.42.